The zero-order valence-corrected chi connectivity index (χ0v) is 14.9. The smallest absolute Gasteiger partial charge is 0.191 e. The molecular weight excluding hydrogens is 349 g/mol. The summed E-state index contributed by atoms with van der Waals surface area (Å²) in [5.74, 6) is 1.67. The molecule has 0 bridgehead atoms. The molecule has 0 aliphatic rings. The summed E-state index contributed by atoms with van der Waals surface area (Å²) in [5, 5.41) is 11.0. The number of aromatic nitrogens is 3. The third-order valence-electron chi connectivity index (χ3n) is 3.40. The lowest BCUT2D eigenvalue weighted by Crippen LogP contribution is -1.99. The van der Waals surface area contributed by atoms with Gasteiger partial charge < -0.3 is 4.57 Å². The Labute approximate surface area is 149 Å². The summed E-state index contributed by atoms with van der Waals surface area (Å²) in [6.07, 6.45) is 0. The van der Waals surface area contributed by atoms with Gasteiger partial charge in [0.05, 0.1) is 0 Å². The molecule has 1 heterocycles. The van der Waals surface area contributed by atoms with Crippen LogP contribution >= 0.6 is 35.0 Å². The average Bonchev–Trinajstić information content (AvgIpc) is 2.97. The molecule has 0 unspecified atom stereocenters. The second-order valence-corrected chi connectivity index (χ2v) is 6.79. The first-order valence-electron chi connectivity index (χ1n) is 7.23. The van der Waals surface area contributed by atoms with Gasteiger partial charge in [0.25, 0.3) is 0 Å². The molecule has 23 heavy (non-hydrogen) atoms. The predicted octanol–water partition coefficient (Wildman–Crippen LogP) is 5.56. The molecule has 0 spiro atoms. The van der Waals surface area contributed by atoms with E-state index in [1.807, 2.05) is 48.5 Å². The Morgan fingerprint density at radius 2 is 1.78 bits per heavy atom. The van der Waals surface area contributed by atoms with Crippen LogP contribution in [0.2, 0.25) is 10.0 Å². The SMILES string of the molecule is CCn1c(SCc2ccc(Cl)cc2)nnc1-c1cccc(Cl)c1. The Bertz CT molecular complexity index is 800. The van der Waals surface area contributed by atoms with Gasteiger partial charge in [-0.25, -0.2) is 0 Å². The van der Waals surface area contributed by atoms with E-state index in [2.05, 4.69) is 21.7 Å². The highest BCUT2D eigenvalue weighted by Crippen LogP contribution is 2.27. The summed E-state index contributed by atoms with van der Waals surface area (Å²) in [4.78, 5) is 0. The number of thioether (sulfide) groups is 1. The van der Waals surface area contributed by atoms with Crippen molar-refractivity contribution in [2.45, 2.75) is 24.4 Å². The second-order valence-electron chi connectivity index (χ2n) is 4.98. The number of hydrogen-bond donors (Lipinski definition) is 0. The zero-order chi connectivity index (χ0) is 16.2. The zero-order valence-electron chi connectivity index (χ0n) is 12.5. The van der Waals surface area contributed by atoms with E-state index in [1.54, 1.807) is 11.8 Å². The van der Waals surface area contributed by atoms with Crippen LogP contribution in [0.5, 0.6) is 0 Å². The van der Waals surface area contributed by atoms with E-state index >= 15 is 0 Å². The lowest BCUT2D eigenvalue weighted by Gasteiger charge is -2.07. The number of rotatable bonds is 5. The minimum Gasteiger partial charge on any atom is -0.302 e. The number of benzene rings is 2. The fourth-order valence-corrected chi connectivity index (χ4v) is 3.52. The van der Waals surface area contributed by atoms with Gasteiger partial charge in [0, 0.05) is 27.9 Å². The maximum Gasteiger partial charge on any atom is 0.191 e. The maximum atomic E-state index is 6.08. The minimum atomic E-state index is 0.698. The standard InChI is InChI=1S/C17H15Cl2N3S/c1-2-22-16(13-4-3-5-15(19)10-13)20-21-17(22)23-11-12-6-8-14(18)9-7-12/h3-10H,2,11H2,1H3. The highest BCUT2D eigenvalue weighted by atomic mass is 35.5. The molecule has 1 aromatic heterocycles. The molecule has 0 saturated heterocycles. The van der Waals surface area contributed by atoms with Crippen molar-refractivity contribution in [2.75, 3.05) is 0 Å². The van der Waals surface area contributed by atoms with Crippen molar-refractivity contribution in [3.8, 4) is 11.4 Å². The Hall–Kier alpha value is -1.49. The monoisotopic (exact) mass is 363 g/mol. The molecule has 3 rings (SSSR count). The van der Waals surface area contributed by atoms with Crippen molar-refractivity contribution < 1.29 is 0 Å². The molecule has 3 nitrogen and oxygen atoms in total. The van der Waals surface area contributed by atoms with E-state index in [4.69, 9.17) is 23.2 Å². The molecule has 0 saturated carbocycles. The fourth-order valence-electron chi connectivity index (χ4n) is 2.25. The quantitative estimate of drug-likeness (QED) is 0.555. The Balaban J connectivity index is 1.82. The second kappa shape index (κ2) is 7.39. The Morgan fingerprint density at radius 3 is 2.48 bits per heavy atom. The Kier molecular flexibility index (Phi) is 5.26. The topological polar surface area (TPSA) is 30.7 Å². The summed E-state index contributed by atoms with van der Waals surface area (Å²) < 4.78 is 2.10. The molecule has 0 aliphatic carbocycles. The van der Waals surface area contributed by atoms with E-state index in [-0.39, 0.29) is 0 Å². The molecule has 0 fully saturated rings. The lowest BCUT2D eigenvalue weighted by atomic mass is 10.2. The minimum absolute atomic E-state index is 0.698. The van der Waals surface area contributed by atoms with Gasteiger partial charge in [0.15, 0.2) is 11.0 Å². The summed E-state index contributed by atoms with van der Waals surface area (Å²) in [5.41, 5.74) is 2.18. The molecule has 0 N–H and O–H groups in total. The largest absolute Gasteiger partial charge is 0.302 e. The summed E-state index contributed by atoms with van der Waals surface area (Å²) >= 11 is 13.7. The first-order valence-corrected chi connectivity index (χ1v) is 8.98. The first kappa shape index (κ1) is 16.4. The molecule has 3 aromatic rings. The lowest BCUT2D eigenvalue weighted by molar-refractivity contribution is 0.687. The fraction of sp³-hybridized carbons (Fsp3) is 0.176. The molecule has 0 atom stereocenters. The average molecular weight is 364 g/mol. The molecule has 0 aliphatic heterocycles. The van der Waals surface area contributed by atoms with Gasteiger partial charge in [0.2, 0.25) is 0 Å². The van der Waals surface area contributed by atoms with E-state index in [1.165, 1.54) is 5.56 Å². The number of halogens is 2. The number of hydrogen-bond acceptors (Lipinski definition) is 3. The van der Waals surface area contributed by atoms with Crippen molar-refractivity contribution in [1.82, 2.24) is 14.8 Å². The van der Waals surface area contributed by atoms with Crippen LogP contribution in [0.25, 0.3) is 11.4 Å². The maximum absolute atomic E-state index is 6.08. The first-order chi connectivity index (χ1) is 11.2. The van der Waals surface area contributed by atoms with Crippen molar-refractivity contribution >= 4 is 35.0 Å². The van der Waals surface area contributed by atoms with Crippen LogP contribution in [0.3, 0.4) is 0 Å². The predicted molar refractivity (Wildman–Crippen MR) is 97.2 cm³/mol. The van der Waals surface area contributed by atoms with Crippen molar-refractivity contribution in [2.24, 2.45) is 0 Å². The van der Waals surface area contributed by atoms with Gasteiger partial charge in [0.1, 0.15) is 0 Å². The van der Waals surface area contributed by atoms with Crippen LogP contribution in [0.1, 0.15) is 12.5 Å². The van der Waals surface area contributed by atoms with Crippen LogP contribution in [0.15, 0.2) is 53.7 Å². The van der Waals surface area contributed by atoms with Gasteiger partial charge in [-0.3, -0.25) is 0 Å². The molecule has 2 aromatic carbocycles. The van der Waals surface area contributed by atoms with Gasteiger partial charge >= 0.3 is 0 Å². The van der Waals surface area contributed by atoms with Crippen LogP contribution < -0.4 is 0 Å². The summed E-state index contributed by atoms with van der Waals surface area (Å²) in [6, 6.07) is 15.5. The normalized spacial score (nSPS) is 10.9. The molecule has 0 radical (unpaired) electrons. The van der Waals surface area contributed by atoms with Crippen LogP contribution in [-0.2, 0) is 12.3 Å². The number of nitrogens with zero attached hydrogens (tertiary/aromatic N) is 3. The molecule has 118 valence electrons. The van der Waals surface area contributed by atoms with E-state index in [0.717, 1.165) is 33.9 Å². The molecular formula is C17H15Cl2N3S. The van der Waals surface area contributed by atoms with E-state index in [0.29, 0.717) is 5.02 Å². The third kappa shape index (κ3) is 3.89. The van der Waals surface area contributed by atoms with Gasteiger partial charge in [-0.1, -0.05) is 59.2 Å². The Morgan fingerprint density at radius 1 is 1.00 bits per heavy atom. The molecule has 0 amide bonds. The summed E-state index contributed by atoms with van der Waals surface area (Å²) in [7, 11) is 0. The van der Waals surface area contributed by atoms with E-state index < -0.39 is 0 Å². The van der Waals surface area contributed by atoms with Gasteiger partial charge in [-0.2, -0.15) is 0 Å². The van der Waals surface area contributed by atoms with Gasteiger partial charge in [-0.05, 0) is 36.8 Å². The van der Waals surface area contributed by atoms with Crippen LogP contribution in [-0.4, -0.2) is 14.8 Å². The highest BCUT2D eigenvalue weighted by Gasteiger charge is 2.13. The van der Waals surface area contributed by atoms with Crippen molar-refractivity contribution in [1.29, 1.82) is 0 Å². The highest BCUT2D eigenvalue weighted by molar-refractivity contribution is 7.98. The van der Waals surface area contributed by atoms with Gasteiger partial charge in [-0.15, -0.1) is 10.2 Å². The third-order valence-corrected chi connectivity index (χ3v) is 4.92. The van der Waals surface area contributed by atoms with Crippen LogP contribution in [0.4, 0.5) is 0 Å². The van der Waals surface area contributed by atoms with Crippen LogP contribution in [0, 0.1) is 0 Å². The van der Waals surface area contributed by atoms with E-state index in [9.17, 15) is 0 Å². The van der Waals surface area contributed by atoms with Crippen molar-refractivity contribution in [3.63, 3.8) is 0 Å². The van der Waals surface area contributed by atoms with Crippen molar-refractivity contribution in [3.05, 3.63) is 64.1 Å². The summed E-state index contributed by atoms with van der Waals surface area (Å²) in [6.45, 7) is 2.89. The molecule has 6 heteroatoms.